The number of rotatable bonds is 2. The lowest BCUT2D eigenvalue weighted by Crippen LogP contribution is -2.38. The van der Waals surface area contributed by atoms with E-state index in [1.165, 1.54) is 0 Å². The topological polar surface area (TPSA) is 46.5 Å². The fourth-order valence-corrected chi connectivity index (χ4v) is 3.84. The van der Waals surface area contributed by atoms with Crippen LogP contribution in [0.15, 0.2) is 12.1 Å². The van der Waals surface area contributed by atoms with Crippen LogP contribution in [-0.4, -0.2) is 17.2 Å². The van der Waals surface area contributed by atoms with Crippen LogP contribution < -0.4 is 4.74 Å². The lowest BCUT2D eigenvalue weighted by Gasteiger charge is -2.34. The summed E-state index contributed by atoms with van der Waals surface area (Å²) >= 11 is 6.21. The van der Waals surface area contributed by atoms with Crippen molar-refractivity contribution in [2.75, 3.05) is 0 Å². The predicted molar refractivity (Wildman–Crippen MR) is 77.6 cm³/mol. The Hall–Kier alpha value is -1.22. The molecule has 1 atom stereocenters. The second-order valence-corrected chi connectivity index (χ2v) is 6.46. The zero-order valence-corrected chi connectivity index (χ0v) is 12.4. The standard InChI is InChI=1S/C16H19ClO3/c1-10-7-11-8-12(17)9-13(14(11)20-10)16(15(18)19)5-3-2-4-6-16/h8-10H,2-7H2,1H3,(H,18,19). The number of benzene rings is 1. The molecule has 3 nitrogen and oxygen atoms in total. The number of aliphatic carboxylic acids is 1. The third-order valence-electron chi connectivity index (χ3n) is 4.59. The van der Waals surface area contributed by atoms with Crippen LogP contribution in [0.4, 0.5) is 0 Å². The van der Waals surface area contributed by atoms with E-state index in [2.05, 4.69) is 0 Å². The lowest BCUT2D eigenvalue weighted by atomic mass is 9.69. The highest BCUT2D eigenvalue weighted by atomic mass is 35.5. The van der Waals surface area contributed by atoms with E-state index in [1.54, 1.807) is 6.07 Å². The van der Waals surface area contributed by atoms with Gasteiger partial charge in [0.15, 0.2) is 0 Å². The number of hydrogen-bond acceptors (Lipinski definition) is 2. The first-order valence-electron chi connectivity index (χ1n) is 7.26. The fraction of sp³-hybridized carbons (Fsp3) is 0.562. The predicted octanol–water partition coefficient (Wildman–Crippen LogP) is 3.95. The second kappa shape index (κ2) is 4.96. The summed E-state index contributed by atoms with van der Waals surface area (Å²) in [6.45, 7) is 2.01. The Labute approximate surface area is 123 Å². The van der Waals surface area contributed by atoms with E-state index < -0.39 is 11.4 Å². The van der Waals surface area contributed by atoms with Gasteiger partial charge >= 0.3 is 5.97 Å². The van der Waals surface area contributed by atoms with E-state index in [0.29, 0.717) is 17.9 Å². The highest BCUT2D eigenvalue weighted by Crippen LogP contribution is 2.47. The first kappa shape index (κ1) is 13.7. The molecule has 0 aromatic heterocycles. The molecule has 1 aliphatic heterocycles. The molecular formula is C16H19ClO3. The van der Waals surface area contributed by atoms with Gasteiger partial charge in [0, 0.05) is 17.0 Å². The Bertz CT molecular complexity index is 547. The number of carbonyl (C=O) groups is 1. The van der Waals surface area contributed by atoms with Crippen LogP contribution in [0.3, 0.4) is 0 Å². The Morgan fingerprint density at radius 1 is 1.35 bits per heavy atom. The number of halogens is 1. The third kappa shape index (κ3) is 2.08. The fourth-order valence-electron chi connectivity index (χ4n) is 3.60. The minimum Gasteiger partial charge on any atom is -0.490 e. The van der Waals surface area contributed by atoms with Crippen molar-refractivity contribution in [2.45, 2.75) is 57.0 Å². The van der Waals surface area contributed by atoms with Gasteiger partial charge in [-0.2, -0.15) is 0 Å². The molecule has 1 saturated carbocycles. The number of hydrogen-bond donors (Lipinski definition) is 1. The van der Waals surface area contributed by atoms with Crippen LogP contribution in [0, 0.1) is 0 Å². The molecule has 0 saturated heterocycles. The van der Waals surface area contributed by atoms with Crippen LogP contribution in [0.5, 0.6) is 5.75 Å². The van der Waals surface area contributed by atoms with E-state index in [-0.39, 0.29) is 6.10 Å². The molecule has 0 spiro atoms. The van der Waals surface area contributed by atoms with Crippen LogP contribution in [0.25, 0.3) is 0 Å². The van der Waals surface area contributed by atoms with Gasteiger partial charge in [-0.25, -0.2) is 0 Å². The van der Waals surface area contributed by atoms with Gasteiger partial charge in [-0.1, -0.05) is 30.9 Å². The maximum atomic E-state index is 12.0. The SMILES string of the molecule is CC1Cc2cc(Cl)cc(C3(C(=O)O)CCCCC3)c2O1. The molecule has 1 aliphatic carbocycles. The van der Waals surface area contributed by atoms with Crippen molar-refractivity contribution in [3.8, 4) is 5.75 Å². The molecule has 3 rings (SSSR count). The summed E-state index contributed by atoms with van der Waals surface area (Å²) in [5, 5.41) is 10.4. The molecule has 1 heterocycles. The van der Waals surface area contributed by atoms with E-state index in [1.807, 2.05) is 13.0 Å². The number of fused-ring (bicyclic) bond motifs is 1. The Morgan fingerprint density at radius 3 is 2.70 bits per heavy atom. The number of ether oxygens (including phenoxy) is 1. The van der Waals surface area contributed by atoms with Gasteiger partial charge < -0.3 is 9.84 Å². The Kier molecular flexibility index (Phi) is 3.41. The van der Waals surface area contributed by atoms with Crippen LogP contribution in [-0.2, 0) is 16.6 Å². The minimum atomic E-state index is -0.822. The van der Waals surface area contributed by atoms with Gasteiger partial charge in [0.05, 0.1) is 5.41 Å². The minimum absolute atomic E-state index is 0.0941. The second-order valence-electron chi connectivity index (χ2n) is 6.02. The number of carboxylic acid groups (broad SMARTS) is 1. The maximum absolute atomic E-state index is 12.0. The zero-order chi connectivity index (χ0) is 14.3. The molecule has 0 amide bonds. The molecule has 1 unspecified atom stereocenters. The normalized spacial score (nSPS) is 24.0. The summed E-state index contributed by atoms with van der Waals surface area (Å²) in [7, 11) is 0. The molecular weight excluding hydrogens is 276 g/mol. The lowest BCUT2D eigenvalue weighted by molar-refractivity contribution is -0.145. The zero-order valence-electron chi connectivity index (χ0n) is 11.6. The average molecular weight is 295 g/mol. The van der Waals surface area contributed by atoms with Crippen molar-refractivity contribution in [3.05, 3.63) is 28.3 Å². The molecule has 20 heavy (non-hydrogen) atoms. The molecule has 1 N–H and O–H groups in total. The molecule has 1 aromatic rings. The number of carboxylic acids is 1. The van der Waals surface area contributed by atoms with E-state index in [9.17, 15) is 9.90 Å². The summed E-state index contributed by atoms with van der Waals surface area (Å²) in [6, 6.07) is 3.71. The molecule has 108 valence electrons. The van der Waals surface area contributed by atoms with E-state index >= 15 is 0 Å². The van der Waals surface area contributed by atoms with Crippen molar-refractivity contribution < 1.29 is 14.6 Å². The average Bonchev–Trinajstić information content (AvgIpc) is 2.78. The highest BCUT2D eigenvalue weighted by molar-refractivity contribution is 6.30. The molecule has 1 fully saturated rings. The van der Waals surface area contributed by atoms with E-state index in [0.717, 1.165) is 42.6 Å². The first-order chi connectivity index (χ1) is 9.53. The van der Waals surface area contributed by atoms with Gasteiger partial charge in [0.25, 0.3) is 0 Å². The largest absolute Gasteiger partial charge is 0.490 e. The van der Waals surface area contributed by atoms with Gasteiger partial charge in [0.1, 0.15) is 11.9 Å². The van der Waals surface area contributed by atoms with Gasteiger partial charge in [-0.3, -0.25) is 4.79 Å². The van der Waals surface area contributed by atoms with Crippen molar-refractivity contribution >= 4 is 17.6 Å². The Morgan fingerprint density at radius 2 is 2.05 bits per heavy atom. The summed E-state index contributed by atoms with van der Waals surface area (Å²) < 4.78 is 5.90. The molecule has 0 radical (unpaired) electrons. The summed E-state index contributed by atoms with van der Waals surface area (Å²) in [5.41, 5.74) is 1.01. The van der Waals surface area contributed by atoms with Crippen LogP contribution in [0.2, 0.25) is 5.02 Å². The van der Waals surface area contributed by atoms with Crippen molar-refractivity contribution in [1.82, 2.24) is 0 Å². The highest BCUT2D eigenvalue weighted by Gasteiger charge is 2.45. The van der Waals surface area contributed by atoms with Crippen molar-refractivity contribution in [1.29, 1.82) is 0 Å². The monoisotopic (exact) mass is 294 g/mol. The van der Waals surface area contributed by atoms with Gasteiger partial charge in [-0.05, 0) is 37.5 Å². The Balaban J connectivity index is 2.15. The quantitative estimate of drug-likeness (QED) is 0.898. The third-order valence-corrected chi connectivity index (χ3v) is 4.81. The van der Waals surface area contributed by atoms with Gasteiger partial charge in [0.2, 0.25) is 0 Å². The summed E-state index contributed by atoms with van der Waals surface area (Å²) in [4.78, 5) is 12.0. The van der Waals surface area contributed by atoms with E-state index in [4.69, 9.17) is 16.3 Å². The summed E-state index contributed by atoms with van der Waals surface area (Å²) in [5.74, 6) is 0.0241. The van der Waals surface area contributed by atoms with Gasteiger partial charge in [-0.15, -0.1) is 0 Å². The first-order valence-corrected chi connectivity index (χ1v) is 7.64. The summed E-state index contributed by atoms with van der Waals surface area (Å²) in [6.07, 6.45) is 5.25. The smallest absolute Gasteiger partial charge is 0.314 e. The maximum Gasteiger partial charge on any atom is 0.314 e. The molecule has 4 heteroatoms. The van der Waals surface area contributed by atoms with Crippen LogP contribution >= 0.6 is 11.6 Å². The molecule has 0 bridgehead atoms. The molecule has 2 aliphatic rings. The van der Waals surface area contributed by atoms with Crippen LogP contribution in [0.1, 0.15) is 50.2 Å². The van der Waals surface area contributed by atoms with Crippen molar-refractivity contribution in [3.63, 3.8) is 0 Å². The van der Waals surface area contributed by atoms with Crippen molar-refractivity contribution in [2.24, 2.45) is 0 Å². The molecule has 1 aromatic carbocycles.